The highest BCUT2D eigenvalue weighted by Crippen LogP contribution is 2.26. The molecule has 3 heterocycles. The molecule has 1 saturated heterocycles. The number of hydrogen-bond acceptors (Lipinski definition) is 4. The lowest BCUT2D eigenvalue weighted by molar-refractivity contribution is 0.0194. The highest BCUT2D eigenvalue weighted by Gasteiger charge is 2.32. The van der Waals surface area contributed by atoms with E-state index in [9.17, 15) is 9.90 Å². The second kappa shape index (κ2) is 8.55. The smallest absolute Gasteiger partial charge is 0.274 e. The standard InChI is InChI=1S/C21H22Br2N4O2/c22-16-8-17(23)20-25-18(11-27(20)10-16)21(29)26-6-5-14(19(28)12-26)7-13-3-1-2-4-15(13)9-24/h1-4,8,10-11,14,19,28H,5-7,9,12,24H2/t14?,19-/m1/s1. The van der Waals surface area contributed by atoms with Crippen LogP contribution in [0.3, 0.4) is 0 Å². The van der Waals surface area contributed by atoms with Crippen molar-refractivity contribution in [2.24, 2.45) is 11.7 Å². The Morgan fingerprint density at radius 3 is 2.72 bits per heavy atom. The molecule has 0 aliphatic carbocycles. The first kappa shape index (κ1) is 20.5. The van der Waals surface area contributed by atoms with Gasteiger partial charge in [-0.15, -0.1) is 0 Å². The lowest BCUT2D eigenvalue weighted by atomic mass is 9.86. The third-order valence-corrected chi connectivity index (χ3v) is 6.54. The Morgan fingerprint density at radius 2 is 2.00 bits per heavy atom. The number of nitrogens with two attached hydrogens (primary N) is 1. The maximum absolute atomic E-state index is 13.0. The van der Waals surface area contributed by atoms with E-state index in [0.29, 0.717) is 31.0 Å². The Hall–Kier alpha value is -1.74. The summed E-state index contributed by atoms with van der Waals surface area (Å²) in [4.78, 5) is 19.1. The summed E-state index contributed by atoms with van der Waals surface area (Å²) in [7, 11) is 0. The molecule has 29 heavy (non-hydrogen) atoms. The van der Waals surface area contributed by atoms with Crippen LogP contribution in [0.4, 0.5) is 0 Å². The number of aromatic nitrogens is 2. The van der Waals surface area contributed by atoms with Gasteiger partial charge in [-0.05, 0) is 67.8 Å². The molecule has 152 valence electrons. The normalized spacial score (nSPS) is 19.7. The number of amides is 1. The van der Waals surface area contributed by atoms with Crippen molar-refractivity contribution < 1.29 is 9.90 Å². The van der Waals surface area contributed by atoms with Crippen LogP contribution in [0.15, 0.2) is 51.7 Å². The van der Waals surface area contributed by atoms with Crippen LogP contribution < -0.4 is 5.73 Å². The number of rotatable bonds is 4. The van der Waals surface area contributed by atoms with Gasteiger partial charge in [0.2, 0.25) is 0 Å². The van der Waals surface area contributed by atoms with Crippen molar-refractivity contribution in [2.45, 2.75) is 25.5 Å². The number of carbonyl (C=O) groups is 1. The van der Waals surface area contributed by atoms with Gasteiger partial charge in [0.05, 0.1) is 10.6 Å². The van der Waals surface area contributed by atoms with Gasteiger partial charge in [0.15, 0.2) is 5.65 Å². The third kappa shape index (κ3) is 4.26. The number of likely N-dealkylation sites (tertiary alicyclic amines) is 1. The van der Waals surface area contributed by atoms with Crippen LogP contribution in [0.5, 0.6) is 0 Å². The zero-order valence-corrected chi connectivity index (χ0v) is 18.9. The van der Waals surface area contributed by atoms with Gasteiger partial charge in [0.25, 0.3) is 5.91 Å². The van der Waals surface area contributed by atoms with Crippen molar-refractivity contribution in [1.82, 2.24) is 14.3 Å². The van der Waals surface area contributed by atoms with Gasteiger partial charge in [-0.2, -0.15) is 0 Å². The van der Waals surface area contributed by atoms with Crippen LogP contribution >= 0.6 is 31.9 Å². The average Bonchev–Trinajstić information content (AvgIpc) is 3.13. The average molecular weight is 522 g/mol. The van der Waals surface area contributed by atoms with E-state index in [2.05, 4.69) is 42.9 Å². The highest BCUT2D eigenvalue weighted by molar-refractivity contribution is 9.11. The number of imidazole rings is 1. The summed E-state index contributed by atoms with van der Waals surface area (Å²) in [5, 5.41) is 10.7. The molecule has 0 bridgehead atoms. The van der Waals surface area contributed by atoms with E-state index in [4.69, 9.17) is 5.73 Å². The first-order chi connectivity index (χ1) is 14.0. The number of piperidine rings is 1. The van der Waals surface area contributed by atoms with Gasteiger partial charge >= 0.3 is 0 Å². The maximum Gasteiger partial charge on any atom is 0.274 e. The predicted octanol–water partition coefficient (Wildman–Crippen LogP) is 3.38. The van der Waals surface area contributed by atoms with E-state index >= 15 is 0 Å². The lowest BCUT2D eigenvalue weighted by Crippen LogP contribution is -2.47. The molecule has 0 saturated carbocycles. The number of aliphatic hydroxyl groups excluding tert-OH is 1. The summed E-state index contributed by atoms with van der Waals surface area (Å²) in [6.45, 7) is 1.40. The van der Waals surface area contributed by atoms with Crippen LogP contribution in [-0.2, 0) is 13.0 Å². The van der Waals surface area contributed by atoms with Gasteiger partial charge in [-0.1, -0.05) is 24.3 Å². The second-order valence-electron chi connectivity index (χ2n) is 7.41. The van der Waals surface area contributed by atoms with Crippen molar-refractivity contribution in [3.05, 3.63) is 68.5 Å². The molecule has 2 aromatic heterocycles. The summed E-state index contributed by atoms with van der Waals surface area (Å²) in [5.74, 6) is -0.0468. The monoisotopic (exact) mass is 520 g/mol. The van der Waals surface area contributed by atoms with E-state index in [1.807, 2.05) is 34.9 Å². The molecule has 1 amide bonds. The largest absolute Gasteiger partial charge is 0.391 e. The summed E-state index contributed by atoms with van der Waals surface area (Å²) in [6, 6.07) is 9.97. The maximum atomic E-state index is 13.0. The number of β-amino-alcohol motifs (C(OH)–C–C–N with tert-alkyl or cyclic N) is 1. The van der Waals surface area contributed by atoms with Crippen LogP contribution in [-0.4, -0.2) is 44.5 Å². The number of fused-ring (bicyclic) bond motifs is 1. The van der Waals surface area contributed by atoms with Gasteiger partial charge in [-0.25, -0.2) is 4.98 Å². The number of benzene rings is 1. The Balaban J connectivity index is 1.47. The lowest BCUT2D eigenvalue weighted by Gasteiger charge is -2.36. The molecule has 1 aliphatic heterocycles. The molecule has 4 rings (SSSR count). The summed E-state index contributed by atoms with van der Waals surface area (Å²) in [5.41, 5.74) is 9.19. The van der Waals surface area contributed by atoms with E-state index in [1.165, 1.54) is 5.56 Å². The van der Waals surface area contributed by atoms with Crippen molar-refractivity contribution >= 4 is 43.4 Å². The molecular formula is C21H22Br2N4O2. The SMILES string of the molecule is NCc1ccccc1CC1CCN(C(=O)c2cn3cc(Br)cc(Br)c3n2)C[C@H]1O. The number of halogens is 2. The number of pyridine rings is 1. The minimum absolute atomic E-state index is 0.109. The van der Waals surface area contributed by atoms with Gasteiger partial charge < -0.3 is 20.1 Å². The molecule has 1 aromatic carbocycles. The molecule has 1 fully saturated rings. The molecule has 3 aromatic rings. The molecule has 6 nitrogen and oxygen atoms in total. The van der Waals surface area contributed by atoms with E-state index < -0.39 is 6.10 Å². The van der Waals surface area contributed by atoms with Crippen LogP contribution in [0, 0.1) is 5.92 Å². The van der Waals surface area contributed by atoms with Crippen LogP contribution in [0.2, 0.25) is 0 Å². The minimum Gasteiger partial charge on any atom is -0.391 e. The fourth-order valence-corrected chi connectivity index (χ4v) is 5.23. The Kier molecular flexibility index (Phi) is 6.06. The number of hydrogen-bond donors (Lipinski definition) is 2. The van der Waals surface area contributed by atoms with E-state index in [1.54, 1.807) is 11.1 Å². The molecule has 1 aliphatic rings. The molecular weight excluding hydrogens is 500 g/mol. The van der Waals surface area contributed by atoms with Gasteiger partial charge in [-0.3, -0.25) is 4.79 Å². The molecule has 0 spiro atoms. The molecule has 3 N–H and O–H groups in total. The number of carbonyl (C=O) groups excluding carboxylic acids is 1. The molecule has 8 heteroatoms. The van der Waals surface area contributed by atoms with Crippen LogP contribution in [0.1, 0.15) is 28.0 Å². The Bertz CT molecular complexity index is 1050. The second-order valence-corrected chi connectivity index (χ2v) is 9.18. The minimum atomic E-state index is -0.573. The summed E-state index contributed by atoms with van der Waals surface area (Å²) >= 11 is 6.92. The topological polar surface area (TPSA) is 83.9 Å². The zero-order chi connectivity index (χ0) is 20.5. The van der Waals surface area contributed by atoms with Crippen molar-refractivity contribution in [3.8, 4) is 0 Å². The van der Waals surface area contributed by atoms with Crippen molar-refractivity contribution in [1.29, 1.82) is 0 Å². The Morgan fingerprint density at radius 1 is 1.24 bits per heavy atom. The summed E-state index contributed by atoms with van der Waals surface area (Å²) in [6.07, 6.45) is 4.53. The summed E-state index contributed by atoms with van der Waals surface area (Å²) < 4.78 is 3.51. The fraction of sp³-hybridized carbons (Fsp3) is 0.333. The van der Waals surface area contributed by atoms with E-state index in [-0.39, 0.29) is 11.8 Å². The van der Waals surface area contributed by atoms with Crippen molar-refractivity contribution in [2.75, 3.05) is 13.1 Å². The molecule has 2 atom stereocenters. The van der Waals surface area contributed by atoms with Gasteiger partial charge in [0.1, 0.15) is 5.69 Å². The van der Waals surface area contributed by atoms with Crippen LogP contribution in [0.25, 0.3) is 5.65 Å². The number of aliphatic hydroxyl groups is 1. The van der Waals surface area contributed by atoms with Crippen molar-refractivity contribution in [3.63, 3.8) is 0 Å². The van der Waals surface area contributed by atoms with E-state index in [0.717, 1.165) is 27.4 Å². The quantitative estimate of drug-likeness (QED) is 0.551. The third-order valence-electron chi connectivity index (χ3n) is 5.52. The number of nitrogens with zero attached hydrogens (tertiary/aromatic N) is 3. The Labute approximate surface area is 186 Å². The van der Waals surface area contributed by atoms with Gasteiger partial charge in [0, 0.05) is 36.5 Å². The predicted molar refractivity (Wildman–Crippen MR) is 119 cm³/mol. The first-order valence-electron chi connectivity index (χ1n) is 9.54. The molecule has 1 unspecified atom stereocenters. The molecule has 0 radical (unpaired) electrons. The fourth-order valence-electron chi connectivity index (χ4n) is 3.93. The first-order valence-corrected chi connectivity index (χ1v) is 11.1. The zero-order valence-electron chi connectivity index (χ0n) is 15.8. The highest BCUT2D eigenvalue weighted by atomic mass is 79.9.